The van der Waals surface area contributed by atoms with Crippen LogP contribution >= 0.6 is 0 Å². The number of hydrogen-bond acceptors (Lipinski definition) is 5. The zero-order valence-corrected chi connectivity index (χ0v) is 77.5. The van der Waals surface area contributed by atoms with Crippen molar-refractivity contribution in [2.24, 2.45) is 0 Å². The summed E-state index contributed by atoms with van der Waals surface area (Å²) < 4.78 is 0. The molecule has 0 aliphatic heterocycles. The van der Waals surface area contributed by atoms with E-state index in [2.05, 4.69) is 367 Å². The second kappa shape index (κ2) is 30.6. The van der Waals surface area contributed by atoms with Gasteiger partial charge in [0.1, 0.15) is 0 Å². The van der Waals surface area contributed by atoms with Gasteiger partial charge in [0.15, 0.2) is 0 Å². The fourth-order valence-electron chi connectivity index (χ4n) is 18.3. The maximum absolute atomic E-state index is 5.12. The Morgan fingerprint density at radius 3 is 0.851 bits per heavy atom. The number of aryl methyl sites for hydroxylation is 19. The van der Waals surface area contributed by atoms with Crippen LogP contribution in [0.4, 0.5) is 0 Å². The van der Waals surface area contributed by atoms with Gasteiger partial charge in [-0.05, 0) is 403 Å². The smallest absolute Gasteiger partial charge is 0.0747 e. The van der Waals surface area contributed by atoms with E-state index in [9.17, 15) is 0 Å². The predicted molar refractivity (Wildman–Crippen MR) is 503 cm³/mol. The molecule has 15 aromatic rings. The van der Waals surface area contributed by atoms with Crippen molar-refractivity contribution >= 4 is 109 Å². The summed E-state index contributed by atoms with van der Waals surface area (Å²) in [7, 11) is 0. The van der Waals surface area contributed by atoms with Crippen molar-refractivity contribution in [3.8, 4) is 0 Å². The Morgan fingerprint density at radius 1 is 0.167 bits per heavy atom. The van der Waals surface area contributed by atoms with Crippen LogP contribution in [-0.2, 0) is 27.1 Å². The van der Waals surface area contributed by atoms with Gasteiger partial charge in [0, 0.05) is 53.9 Å². The first-order chi connectivity index (χ1) is 52.7. The molecule has 0 N–H and O–H groups in total. The van der Waals surface area contributed by atoms with Gasteiger partial charge in [-0.3, -0.25) is 0 Å². The molecule has 5 nitrogen and oxygen atoms in total. The molecule has 0 bridgehead atoms. The maximum Gasteiger partial charge on any atom is 0.0747 e. The van der Waals surface area contributed by atoms with Crippen molar-refractivity contribution in [3.63, 3.8) is 0 Å². The Kier molecular flexibility index (Phi) is 23.0. The van der Waals surface area contributed by atoms with Crippen LogP contribution in [0, 0.1) is 166 Å². The third-order valence-electron chi connectivity index (χ3n) is 26.2. The minimum atomic E-state index is 0.0664. The molecule has 0 radical (unpaired) electrons. The number of nitrogens with zero attached hydrogens (tertiary/aromatic N) is 5. The van der Waals surface area contributed by atoms with Crippen molar-refractivity contribution in [1.29, 1.82) is 0 Å². The van der Waals surface area contributed by atoms with E-state index in [1.54, 1.807) is 0 Å². The van der Waals surface area contributed by atoms with Gasteiger partial charge in [-0.15, -0.1) is 0 Å². The standard InChI is InChI=1S/C23H29N.2C22H27N.2C21H25N/c1-12-10-11-18-19(13(12)2)21(23(7,8)9)20-16(5)14(3)15(4)17(6)22(20)24-18;1-12-9-10-18-19(15(12)4)20(22(6,7)8)17-11-13(2)14(3)16(5)21(17)23-18;1-12-9-10-17-19(15(12)4)21(22(6,7)8)20-16(5)14(3)13(2)11-18(20)23-17;1-12-10-11-16-18(15(12)4)19(21(5,6)7)17-13(2)8-9-14(3)20(17)22-16;1-12-9-8-10-16-18(12)20(21(5,6)7)19-15(4)14(3)13(2)11-17(19)22-16/h10-11H,1-9H3;2*9-11H,1-8H3;2*8-11H,1-7H3. The molecule has 0 unspecified atom stereocenters. The van der Waals surface area contributed by atoms with Gasteiger partial charge in [-0.25, -0.2) is 24.9 Å². The molecular formula is C109H133N5. The van der Waals surface area contributed by atoms with Gasteiger partial charge >= 0.3 is 0 Å². The van der Waals surface area contributed by atoms with E-state index in [-0.39, 0.29) is 27.1 Å². The zero-order chi connectivity index (χ0) is 84.6. The van der Waals surface area contributed by atoms with Gasteiger partial charge in [-0.2, -0.15) is 0 Å². The molecule has 5 heterocycles. The van der Waals surface area contributed by atoms with Crippen LogP contribution in [0.2, 0.25) is 0 Å². The molecule has 594 valence electrons. The van der Waals surface area contributed by atoms with Crippen LogP contribution in [0.1, 0.15) is 265 Å². The lowest BCUT2D eigenvalue weighted by Gasteiger charge is -2.27. The number of hydrogen-bond donors (Lipinski definition) is 0. The van der Waals surface area contributed by atoms with Gasteiger partial charge in [0.05, 0.1) is 55.2 Å². The van der Waals surface area contributed by atoms with Gasteiger partial charge < -0.3 is 0 Å². The van der Waals surface area contributed by atoms with E-state index in [1.807, 2.05) is 0 Å². The fourth-order valence-corrected chi connectivity index (χ4v) is 18.3. The molecule has 0 aliphatic carbocycles. The Bertz CT molecular complexity index is 6480. The number of fused-ring (bicyclic) bond motifs is 10. The SMILES string of the molecule is Cc1cc2c(C(C)(C)C)c3c(C)c(C)ccc3nc2c(C)c1C.Cc1cc2nc3ccc(C)c(C)c3c(C(C)(C)C)c2c(C)c1C.Cc1cc2nc3cccc(C)c3c(C(C)(C)C)c2c(C)c1C.Cc1ccc2nc3c(C)c(C)c(C)c(C)c3c(C(C)(C)C)c2c1C.Cc1ccc2nc3c(C)ccc(C)c3c(C(C)(C)C)c2c1C. The first-order valence-corrected chi connectivity index (χ1v) is 41.8. The maximum atomic E-state index is 5.12. The molecule has 0 amide bonds. The summed E-state index contributed by atoms with van der Waals surface area (Å²) in [4.78, 5) is 25.2. The lowest BCUT2D eigenvalue weighted by Crippen LogP contribution is -2.15. The second-order valence-electron chi connectivity index (χ2n) is 39.4. The Labute approximate surface area is 685 Å². The summed E-state index contributed by atoms with van der Waals surface area (Å²) in [6.07, 6.45) is 0. The van der Waals surface area contributed by atoms with Gasteiger partial charge in [0.25, 0.3) is 0 Å². The summed E-state index contributed by atoms with van der Waals surface area (Å²) in [5, 5.41) is 13.4. The highest BCUT2D eigenvalue weighted by Crippen LogP contribution is 2.47. The van der Waals surface area contributed by atoms with Crippen LogP contribution in [0.15, 0.2) is 97.1 Å². The van der Waals surface area contributed by atoms with Crippen molar-refractivity contribution in [2.45, 2.75) is 297 Å². The molecule has 0 saturated heterocycles. The van der Waals surface area contributed by atoms with Crippen LogP contribution in [0.3, 0.4) is 0 Å². The lowest BCUT2D eigenvalue weighted by molar-refractivity contribution is 0.600. The summed E-state index contributed by atoms with van der Waals surface area (Å²) in [5.41, 5.74) is 51.3. The van der Waals surface area contributed by atoms with Gasteiger partial charge in [-0.1, -0.05) is 152 Å². The Morgan fingerprint density at radius 2 is 0.439 bits per heavy atom. The van der Waals surface area contributed by atoms with Crippen LogP contribution in [-0.4, -0.2) is 24.9 Å². The third-order valence-corrected chi connectivity index (χ3v) is 26.2. The molecule has 0 atom stereocenters. The number of pyridine rings is 5. The zero-order valence-electron chi connectivity index (χ0n) is 77.5. The van der Waals surface area contributed by atoms with E-state index in [1.165, 1.54) is 221 Å². The molecule has 5 aromatic heterocycles. The van der Waals surface area contributed by atoms with E-state index in [4.69, 9.17) is 24.9 Å². The second-order valence-corrected chi connectivity index (χ2v) is 39.4. The molecule has 0 spiro atoms. The summed E-state index contributed by atoms with van der Waals surface area (Å²) in [6, 6.07) is 35.2. The van der Waals surface area contributed by atoms with Crippen molar-refractivity contribution in [2.75, 3.05) is 0 Å². The van der Waals surface area contributed by atoms with Crippen molar-refractivity contribution in [1.82, 2.24) is 24.9 Å². The molecule has 0 fully saturated rings. The first kappa shape index (κ1) is 85.4. The van der Waals surface area contributed by atoms with Crippen molar-refractivity contribution in [3.05, 3.63) is 258 Å². The first-order valence-electron chi connectivity index (χ1n) is 41.8. The van der Waals surface area contributed by atoms with E-state index < -0.39 is 0 Å². The third kappa shape index (κ3) is 15.2. The minimum Gasteiger partial charge on any atom is -0.248 e. The van der Waals surface area contributed by atoms with Crippen molar-refractivity contribution < 1.29 is 0 Å². The monoisotopic (exact) mass is 1510 g/mol. The van der Waals surface area contributed by atoms with Crippen LogP contribution in [0.5, 0.6) is 0 Å². The summed E-state index contributed by atoms with van der Waals surface area (Å²) in [5.74, 6) is 0. The Hall–Kier alpha value is -9.45. The number of rotatable bonds is 0. The van der Waals surface area contributed by atoms with E-state index in [0.717, 1.165) is 49.7 Å². The molecule has 0 aliphatic rings. The van der Waals surface area contributed by atoms with E-state index >= 15 is 0 Å². The summed E-state index contributed by atoms with van der Waals surface area (Å²) in [6.45, 7) is 87.9. The Balaban J connectivity index is 0.000000141. The van der Waals surface area contributed by atoms with Gasteiger partial charge in [0.2, 0.25) is 0 Å². The van der Waals surface area contributed by atoms with Crippen LogP contribution in [0.25, 0.3) is 109 Å². The molecular weight excluding hydrogens is 1380 g/mol. The largest absolute Gasteiger partial charge is 0.248 e. The molecule has 10 aromatic carbocycles. The molecule has 15 rings (SSSR count). The minimum absolute atomic E-state index is 0.0664. The topological polar surface area (TPSA) is 64.5 Å². The molecule has 114 heavy (non-hydrogen) atoms. The average Bonchev–Trinajstić information content (AvgIpc) is 0.698. The highest BCUT2D eigenvalue weighted by molar-refractivity contribution is 6.08. The molecule has 5 heteroatoms. The molecule has 0 saturated carbocycles. The highest BCUT2D eigenvalue weighted by Gasteiger charge is 2.31. The number of benzene rings is 10. The average molecular weight is 1510 g/mol. The van der Waals surface area contributed by atoms with E-state index in [0.29, 0.717) is 0 Å². The quantitative estimate of drug-likeness (QED) is 0.142. The normalized spacial score (nSPS) is 12.3. The van der Waals surface area contributed by atoms with Crippen LogP contribution < -0.4 is 0 Å². The highest BCUT2D eigenvalue weighted by atomic mass is 14.7. The summed E-state index contributed by atoms with van der Waals surface area (Å²) >= 11 is 0. The lowest BCUT2D eigenvalue weighted by atomic mass is 9.78. The fraction of sp³-hybridized carbons (Fsp3) is 0.404. The number of aromatic nitrogens is 5. The predicted octanol–water partition coefficient (Wildman–Crippen LogP) is 30.8.